The van der Waals surface area contributed by atoms with E-state index in [0.717, 1.165) is 23.9 Å². The van der Waals surface area contributed by atoms with Crippen LogP contribution < -0.4 is 10.1 Å². The molecule has 2 aromatic carbocycles. The van der Waals surface area contributed by atoms with Gasteiger partial charge in [0.2, 0.25) is 11.1 Å². The lowest BCUT2D eigenvalue weighted by molar-refractivity contribution is -0.388. The molecule has 1 N–H and O–H groups in total. The van der Waals surface area contributed by atoms with Gasteiger partial charge in [0.15, 0.2) is 5.82 Å². The Kier molecular flexibility index (Phi) is 7.21. The smallest absolute Gasteiger partial charge is 0.416 e. The van der Waals surface area contributed by atoms with Crippen molar-refractivity contribution in [2.45, 2.75) is 36.6 Å². The first kappa shape index (κ1) is 24.0. The Morgan fingerprint density at radius 1 is 1.21 bits per heavy atom. The van der Waals surface area contributed by atoms with Gasteiger partial charge in [-0.2, -0.15) is 13.2 Å². The third kappa shape index (κ3) is 5.80. The van der Waals surface area contributed by atoms with Crippen molar-refractivity contribution in [3.05, 3.63) is 64.0 Å². The van der Waals surface area contributed by atoms with Gasteiger partial charge < -0.3 is 10.1 Å². The first-order valence-electron chi connectivity index (χ1n) is 9.55. The molecular formula is C20H18F3N5O4S. The predicted octanol–water partition coefficient (Wildman–Crippen LogP) is 4.38. The minimum absolute atomic E-state index is 0.0191. The normalized spacial score (nSPS) is 11.3. The van der Waals surface area contributed by atoms with E-state index in [-0.39, 0.29) is 22.5 Å². The second-order valence-corrected chi connectivity index (χ2v) is 7.62. The molecule has 0 aliphatic carbocycles. The number of nitrogens with zero attached hydrogens (tertiary/aromatic N) is 4. The molecular weight excluding hydrogens is 463 g/mol. The Labute approximate surface area is 190 Å². The zero-order chi connectivity index (χ0) is 24.2. The van der Waals surface area contributed by atoms with Gasteiger partial charge in [-0.05, 0) is 55.1 Å². The summed E-state index contributed by atoms with van der Waals surface area (Å²) in [4.78, 5) is 21.9. The van der Waals surface area contributed by atoms with Crippen LogP contribution in [0.15, 0.2) is 52.5 Å². The van der Waals surface area contributed by atoms with Gasteiger partial charge in [-0.15, -0.1) is 10.2 Å². The van der Waals surface area contributed by atoms with Crippen LogP contribution in [0.2, 0.25) is 0 Å². The number of nitro groups is 1. The maximum absolute atomic E-state index is 13.0. The van der Waals surface area contributed by atoms with Crippen molar-refractivity contribution < 1.29 is 27.6 Å². The molecule has 33 heavy (non-hydrogen) atoms. The van der Waals surface area contributed by atoms with Gasteiger partial charge in [0.1, 0.15) is 5.75 Å². The van der Waals surface area contributed by atoms with E-state index in [2.05, 4.69) is 15.5 Å². The maximum Gasteiger partial charge on any atom is 0.416 e. The average Bonchev–Trinajstić information content (AvgIpc) is 3.14. The lowest BCUT2D eigenvalue weighted by Crippen LogP contribution is -2.21. The Hall–Kier alpha value is -3.61. The van der Waals surface area contributed by atoms with E-state index in [9.17, 15) is 28.1 Å². The van der Waals surface area contributed by atoms with Crippen LogP contribution in [0.3, 0.4) is 0 Å². The van der Waals surface area contributed by atoms with Crippen molar-refractivity contribution >= 4 is 23.4 Å². The molecule has 0 bridgehead atoms. The van der Waals surface area contributed by atoms with Crippen LogP contribution >= 0.6 is 11.8 Å². The Bertz CT molecular complexity index is 1170. The van der Waals surface area contributed by atoms with Gasteiger partial charge in [0.25, 0.3) is 5.69 Å². The lowest BCUT2D eigenvalue weighted by atomic mass is 10.2. The highest BCUT2D eigenvalue weighted by Crippen LogP contribution is 2.39. The molecule has 13 heteroatoms. The summed E-state index contributed by atoms with van der Waals surface area (Å²) in [5.74, 6) is 0.639. The fourth-order valence-corrected chi connectivity index (χ4v) is 3.78. The second-order valence-electron chi connectivity index (χ2n) is 6.61. The van der Waals surface area contributed by atoms with Gasteiger partial charge >= 0.3 is 6.18 Å². The number of alkyl halides is 3. The highest BCUT2D eigenvalue weighted by atomic mass is 32.2. The summed E-state index contributed by atoms with van der Waals surface area (Å²) in [5, 5.41) is 22.3. The number of carbonyl (C=O) groups excluding carboxylic acids is 1. The van der Waals surface area contributed by atoms with Crippen LogP contribution in [0.1, 0.15) is 25.2 Å². The first-order chi connectivity index (χ1) is 15.6. The summed E-state index contributed by atoms with van der Waals surface area (Å²) in [6.45, 7) is 3.66. The summed E-state index contributed by atoms with van der Waals surface area (Å²) >= 11 is 0.789. The zero-order valence-corrected chi connectivity index (χ0v) is 18.2. The van der Waals surface area contributed by atoms with Crippen LogP contribution in [-0.2, 0) is 17.5 Å². The highest BCUT2D eigenvalue weighted by molar-refractivity contribution is 7.99. The number of ether oxygens (including phenoxy) is 1. The number of aromatic nitrogens is 3. The van der Waals surface area contributed by atoms with Gasteiger partial charge in [-0.1, -0.05) is 0 Å². The van der Waals surface area contributed by atoms with E-state index in [4.69, 9.17) is 4.74 Å². The number of nitro benzene ring substituents is 1. The molecule has 0 radical (unpaired) electrons. The lowest BCUT2D eigenvalue weighted by Gasteiger charge is -2.12. The molecule has 0 saturated heterocycles. The molecule has 3 aromatic rings. The van der Waals surface area contributed by atoms with Crippen LogP contribution in [0.5, 0.6) is 5.75 Å². The number of hydrogen-bond acceptors (Lipinski definition) is 7. The fourth-order valence-electron chi connectivity index (χ4n) is 2.82. The van der Waals surface area contributed by atoms with Crippen molar-refractivity contribution in [3.63, 3.8) is 0 Å². The Morgan fingerprint density at radius 2 is 1.91 bits per heavy atom. The molecule has 1 heterocycles. The SMILES string of the molecule is CCOc1ccc(-n2c(CNC(C)=O)nnc2Sc2ccc(C(F)(F)F)cc2[N+](=O)[O-])cc1. The van der Waals surface area contributed by atoms with Crippen molar-refractivity contribution in [3.8, 4) is 11.4 Å². The molecule has 3 rings (SSSR count). The van der Waals surface area contributed by atoms with E-state index in [1.54, 1.807) is 28.8 Å². The minimum atomic E-state index is -4.72. The van der Waals surface area contributed by atoms with Gasteiger partial charge in [-0.3, -0.25) is 19.5 Å². The molecule has 0 aliphatic rings. The summed E-state index contributed by atoms with van der Waals surface area (Å²) in [7, 11) is 0. The van der Waals surface area contributed by atoms with E-state index >= 15 is 0 Å². The number of rotatable bonds is 8. The van der Waals surface area contributed by atoms with Crippen LogP contribution in [0, 0.1) is 10.1 Å². The number of nitrogens with one attached hydrogen (secondary N) is 1. The maximum atomic E-state index is 13.0. The van der Waals surface area contributed by atoms with Gasteiger partial charge in [0, 0.05) is 18.7 Å². The number of amides is 1. The molecule has 1 amide bonds. The summed E-state index contributed by atoms with van der Waals surface area (Å²) in [6.07, 6.45) is -4.72. The second kappa shape index (κ2) is 9.90. The number of benzene rings is 2. The van der Waals surface area contributed by atoms with E-state index < -0.39 is 22.4 Å². The topological polar surface area (TPSA) is 112 Å². The third-order valence-corrected chi connectivity index (χ3v) is 5.30. The van der Waals surface area contributed by atoms with Gasteiger partial charge in [-0.25, -0.2) is 0 Å². The molecule has 0 atom stereocenters. The quantitative estimate of drug-likeness (QED) is 0.375. The fraction of sp³-hybridized carbons (Fsp3) is 0.250. The third-order valence-electron chi connectivity index (χ3n) is 4.29. The Morgan fingerprint density at radius 3 is 2.48 bits per heavy atom. The van der Waals surface area contributed by atoms with E-state index in [1.165, 1.54) is 6.92 Å². The van der Waals surface area contributed by atoms with Crippen molar-refractivity contribution in [1.82, 2.24) is 20.1 Å². The summed E-state index contributed by atoms with van der Waals surface area (Å²) < 4.78 is 46.0. The average molecular weight is 481 g/mol. The summed E-state index contributed by atoms with van der Waals surface area (Å²) in [5.41, 5.74) is -1.27. The highest BCUT2D eigenvalue weighted by Gasteiger charge is 2.33. The largest absolute Gasteiger partial charge is 0.494 e. The van der Waals surface area contributed by atoms with E-state index in [0.29, 0.717) is 29.9 Å². The molecule has 0 aliphatic heterocycles. The molecule has 0 saturated carbocycles. The molecule has 0 spiro atoms. The van der Waals surface area contributed by atoms with Crippen LogP contribution in [-0.4, -0.2) is 32.2 Å². The van der Waals surface area contributed by atoms with Crippen molar-refractivity contribution in [2.24, 2.45) is 0 Å². The molecule has 174 valence electrons. The van der Waals surface area contributed by atoms with Gasteiger partial charge in [0.05, 0.1) is 28.5 Å². The standard InChI is InChI=1S/C20H18F3N5O4S/c1-3-32-15-7-5-14(6-8-15)27-18(11-24-12(2)29)25-26-19(27)33-17-9-4-13(20(21,22)23)10-16(17)28(30)31/h4-10H,3,11H2,1-2H3,(H,24,29). The van der Waals surface area contributed by atoms with Crippen molar-refractivity contribution in [2.75, 3.05) is 6.61 Å². The number of carbonyl (C=O) groups is 1. The number of halogens is 3. The molecule has 9 nitrogen and oxygen atoms in total. The molecule has 0 fully saturated rings. The predicted molar refractivity (Wildman–Crippen MR) is 112 cm³/mol. The monoisotopic (exact) mass is 481 g/mol. The first-order valence-corrected chi connectivity index (χ1v) is 10.4. The van der Waals surface area contributed by atoms with Crippen LogP contribution in [0.4, 0.5) is 18.9 Å². The van der Waals surface area contributed by atoms with Crippen LogP contribution in [0.25, 0.3) is 5.69 Å². The molecule has 0 unspecified atom stereocenters. The number of hydrogen-bond donors (Lipinski definition) is 1. The van der Waals surface area contributed by atoms with Crippen molar-refractivity contribution in [1.29, 1.82) is 0 Å². The minimum Gasteiger partial charge on any atom is -0.494 e. The Balaban J connectivity index is 2.04. The zero-order valence-electron chi connectivity index (χ0n) is 17.4. The molecule has 1 aromatic heterocycles. The van der Waals surface area contributed by atoms with E-state index in [1.807, 2.05) is 6.92 Å². The summed E-state index contributed by atoms with van der Waals surface area (Å²) in [6, 6.07) is 9.10.